The van der Waals surface area contributed by atoms with E-state index >= 15 is 0 Å². The number of carbonyl (C=O) groups excluding carboxylic acids is 2. The van der Waals surface area contributed by atoms with Gasteiger partial charge in [0.1, 0.15) is 6.54 Å². The second kappa shape index (κ2) is 11.9. The van der Waals surface area contributed by atoms with Gasteiger partial charge < -0.3 is 9.38 Å². The van der Waals surface area contributed by atoms with E-state index in [1.807, 2.05) is 0 Å². The molecule has 2 heterocycles. The fourth-order valence-electron chi connectivity index (χ4n) is 5.37. The number of rotatable bonds is 6. The van der Waals surface area contributed by atoms with Crippen LogP contribution >= 0.6 is 0 Å². The van der Waals surface area contributed by atoms with E-state index in [1.165, 1.54) is 29.5 Å². The molecule has 0 spiro atoms. The van der Waals surface area contributed by atoms with Crippen molar-refractivity contribution in [3.05, 3.63) is 34.9 Å². The first kappa shape index (κ1) is 25.7. The number of benzene rings is 1. The summed E-state index contributed by atoms with van der Waals surface area (Å²) in [6.45, 7) is 11.6. The molecule has 1 amide bonds. The molecule has 1 aromatic rings. The van der Waals surface area contributed by atoms with Crippen LogP contribution in [0.5, 0.6) is 0 Å². The van der Waals surface area contributed by atoms with E-state index in [0.29, 0.717) is 24.7 Å². The van der Waals surface area contributed by atoms with Gasteiger partial charge in [-0.1, -0.05) is 31.0 Å². The van der Waals surface area contributed by atoms with Crippen LogP contribution in [0.25, 0.3) is 0 Å². The van der Waals surface area contributed by atoms with E-state index in [4.69, 9.17) is 0 Å². The van der Waals surface area contributed by atoms with Crippen molar-refractivity contribution in [1.82, 2.24) is 4.90 Å². The van der Waals surface area contributed by atoms with Gasteiger partial charge in [-0.3, -0.25) is 9.59 Å². The van der Waals surface area contributed by atoms with Gasteiger partial charge in [0.25, 0.3) is 0 Å². The van der Waals surface area contributed by atoms with Gasteiger partial charge in [-0.25, -0.2) is 0 Å². The molecule has 2 aliphatic heterocycles. The Bertz CT molecular complexity index is 708. The monoisotopic (exact) mass is 488 g/mol. The molecule has 4 nitrogen and oxygen atoms in total. The molecule has 3 rings (SSSR count). The standard InChI is InChI=1S/C25H39N2O2.Y/c1-4-27(19-23(28)17-24-20(2)11-9-12-21(24)3)16-10-13-22(18-27)25(29)26-14-7-5-6-8-15-26;/h9,11-12,22H,4-8,10,13-19H2,1-3H3;/q+1;. The topological polar surface area (TPSA) is 37.4 Å². The Kier molecular flexibility index (Phi) is 10.2. The number of hydrogen-bond donors (Lipinski definition) is 0. The molecule has 1 aromatic carbocycles. The maximum atomic E-state index is 13.2. The number of Topliss-reactive ketones (excluding diaryl/α,β-unsaturated/α-hetero) is 1. The van der Waals surface area contributed by atoms with E-state index in [0.717, 1.165) is 62.9 Å². The normalized spacial score (nSPS) is 24.6. The van der Waals surface area contributed by atoms with Crippen LogP contribution < -0.4 is 0 Å². The van der Waals surface area contributed by atoms with Crippen LogP contribution in [0.15, 0.2) is 18.2 Å². The Labute approximate surface area is 208 Å². The zero-order chi connectivity index (χ0) is 20.9. The molecular weight excluding hydrogens is 449 g/mol. The zero-order valence-corrected chi connectivity index (χ0v) is 22.1. The first-order valence-electron chi connectivity index (χ1n) is 11.6. The van der Waals surface area contributed by atoms with E-state index < -0.39 is 0 Å². The number of nitrogens with zero attached hydrogens (tertiary/aromatic N) is 2. The first-order chi connectivity index (χ1) is 13.9. The molecule has 0 N–H and O–H groups in total. The summed E-state index contributed by atoms with van der Waals surface area (Å²) in [6.07, 6.45) is 7.33. The summed E-state index contributed by atoms with van der Waals surface area (Å²) in [5.41, 5.74) is 3.59. The summed E-state index contributed by atoms with van der Waals surface area (Å²) < 4.78 is 0.786. The van der Waals surface area contributed by atoms with Gasteiger partial charge in [-0.05, 0) is 63.1 Å². The summed E-state index contributed by atoms with van der Waals surface area (Å²) in [6, 6.07) is 6.25. The Morgan fingerprint density at radius 2 is 1.67 bits per heavy atom. The van der Waals surface area contributed by atoms with Crippen LogP contribution in [-0.4, -0.2) is 60.3 Å². The Balaban J connectivity index is 0.00000320. The van der Waals surface area contributed by atoms with Gasteiger partial charge in [-0.2, -0.15) is 0 Å². The molecule has 2 saturated heterocycles. The van der Waals surface area contributed by atoms with Gasteiger partial charge in [0.2, 0.25) is 5.91 Å². The van der Waals surface area contributed by atoms with Crippen molar-refractivity contribution in [3.8, 4) is 0 Å². The molecule has 1 radical (unpaired) electrons. The number of quaternary nitrogens is 1. The maximum absolute atomic E-state index is 13.2. The van der Waals surface area contributed by atoms with E-state index in [1.54, 1.807) is 0 Å². The SMILES string of the molecule is CC[N+]1(CC(=O)Cc2c(C)cccc2C)CCCC(C(=O)N2CCCCCC2)C1.[Y]. The van der Waals surface area contributed by atoms with E-state index in [9.17, 15) is 9.59 Å². The summed E-state index contributed by atoms with van der Waals surface area (Å²) in [5.74, 6) is 0.756. The van der Waals surface area contributed by atoms with Crippen LogP contribution in [-0.2, 0) is 48.7 Å². The summed E-state index contributed by atoms with van der Waals surface area (Å²) >= 11 is 0. The number of aryl methyl sites for hydroxylation is 2. The molecule has 2 atom stereocenters. The molecule has 0 saturated carbocycles. The Hall–Kier alpha value is -0.576. The average molecular weight is 489 g/mol. The van der Waals surface area contributed by atoms with Crippen molar-refractivity contribution in [2.75, 3.05) is 39.3 Å². The number of hydrogen-bond acceptors (Lipinski definition) is 2. The molecule has 30 heavy (non-hydrogen) atoms. The second-order valence-corrected chi connectivity index (χ2v) is 9.39. The average Bonchev–Trinajstić information content (AvgIpc) is 3.00. The molecule has 2 aliphatic rings. The van der Waals surface area contributed by atoms with Crippen molar-refractivity contribution < 1.29 is 46.8 Å². The van der Waals surface area contributed by atoms with Crippen molar-refractivity contribution in [3.63, 3.8) is 0 Å². The van der Waals surface area contributed by atoms with Crippen LogP contribution in [0.3, 0.4) is 0 Å². The van der Waals surface area contributed by atoms with Crippen molar-refractivity contribution in [2.24, 2.45) is 5.92 Å². The smallest absolute Gasteiger partial charge is 0.231 e. The number of likely N-dealkylation sites (tertiary alicyclic amines) is 2. The summed E-state index contributed by atoms with van der Waals surface area (Å²) in [7, 11) is 0. The fraction of sp³-hybridized carbons (Fsp3) is 0.680. The van der Waals surface area contributed by atoms with E-state index in [2.05, 4.69) is 43.9 Å². The molecule has 5 heteroatoms. The van der Waals surface area contributed by atoms with Gasteiger partial charge in [0, 0.05) is 52.2 Å². The van der Waals surface area contributed by atoms with E-state index in [-0.39, 0.29) is 38.6 Å². The van der Waals surface area contributed by atoms with Crippen molar-refractivity contribution in [1.29, 1.82) is 0 Å². The molecule has 2 unspecified atom stereocenters. The first-order valence-corrected chi connectivity index (χ1v) is 11.6. The van der Waals surface area contributed by atoms with Gasteiger partial charge in [0.05, 0.1) is 25.6 Å². The molecule has 0 aliphatic carbocycles. The molecule has 163 valence electrons. The minimum absolute atomic E-state index is 0. The third kappa shape index (κ3) is 6.46. The minimum atomic E-state index is 0. The zero-order valence-electron chi connectivity index (χ0n) is 19.3. The Morgan fingerprint density at radius 3 is 2.27 bits per heavy atom. The predicted octanol–water partition coefficient (Wildman–Crippen LogP) is 4.06. The summed E-state index contributed by atoms with van der Waals surface area (Å²) in [5, 5.41) is 0. The molecule has 2 fully saturated rings. The molecule has 0 aromatic heterocycles. The third-order valence-corrected chi connectivity index (χ3v) is 7.26. The van der Waals surface area contributed by atoms with Crippen LogP contribution in [0.1, 0.15) is 62.1 Å². The number of likely N-dealkylation sites (N-methyl/N-ethyl adjacent to an activating group) is 1. The van der Waals surface area contributed by atoms with Crippen LogP contribution in [0, 0.1) is 19.8 Å². The Morgan fingerprint density at radius 1 is 1.03 bits per heavy atom. The molecule has 0 bridgehead atoms. The van der Waals surface area contributed by atoms with Gasteiger partial charge in [-0.15, -0.1) is 0 Å². The van der Waals surface area contributed by atoms with Crippen molar-refractivity contribution in [2.45, 2.75) is 65.7 Å². The summed E-state index contributed by atoms with van der Waals surface area (Å²) in [4.78, 5) is 28.4. The second-order valence-electron chi connectivity index (χ2n) is 9.39. The third-order valence-electron chi connectivity index (χ3n) is 7.26. The van der Waals surface area contributed by atoms with Crippen LogP contribution in [0.4, 0.5) is 0 Å². The van der Waals surface area contributed by atoms with Crippen molar-refractivity contribution >= 4 is 11.7 Å². The number of carbonyl (C=O) groups is 2. The van der Waals surface area contributed by atoms with Gasteiger partial charge in [0.15, 0.2) is 5.78 Å². The predicted molar refractivity (Wildman–Crippen MR) is 118 cm³/mol. The van der Waals surface area contributed by atoms with Gasteiger partial charge >= 0.3 is 0 Å². The number of amides is 1. The quantitative estimate of drug-likeness (QED) is 0.567. The molecular formula is C25H39N2O2Y+. The maximum Gasteiger partial charge on any atom is 0.231 e. The number of piperidine rings is 1. The number of ketones is 1. The van der Waals surface area contributed by atoms with Crippen LogP contribution in [0.2, 0.25) is 0 Å². The minimum Gasteiger partial charge on any atom is -0.342 e. The largest absolute Gasteiger partial charge is 0.342 e. The fourth-order valence-corrected chi connectivity index (χ4v) is 5.37.